The van der Waals surface area contributed by atoms with Crippen LogP contribution in [-0.4, -0.2) is 73.4 Å². The first kappa shape index (κ1) is 17.3. The van der Waals surface area contributed by atoms with Gasteiger partial charge in [-0.25, -0.2) is 0 Å². The molecule has 0 saturated carbocycles. The molecule has 2 unspecified atom stereocenters. The second kappa shape index (κ2) is 6.59. The lowest BCUT2D eigenvalue weighted by Crippen LogP contribution is -2.47. The minimum Gasteiger partial charge on any atom is -0.388 e. The van der Waals surface area contributed by atoms with Crippen LogP contribution in [0.15, 0.2) is 24.7 Å². The van der Waals surface area contributed by atoms with Gasteiger partial charge in [-0.3, -0.25) is 4.79 Å². The third-order valence-electron chi connectivity index (χ3n) is 3.84. The SMILES string of the molecule is C=C1NC(=O)C=CN1C1OC(CCP(=C)(C)C)[C@@H](O)[C@H]1OC. The van der Waals surface area contributed by atoms with Crippen molar-refractivity contribution in [2.75, 3.05) is 26.6 Å². The fraction of sp³-hybridized carbons (Fsp3) is 0.600. The fourth-order valence-electron chi connectivity index (χ4n) is 2.64. The predicted octanol–water partition coefficient (Wildman–Crippen LogP) is 0.603. The number of nitrogens with zero attached hydrogens (tertiary/aromatic N) is 1. The van der Waals surface area contributed by atoms with Crippen LogP contribution in [-0.2, 0) is 14.3 Å². The van der Waals surface area contributed by atoms with Crippen molar-refractivity contribution in [3.63, 3.8) is 0 Å². The van der Waals surface area contributed by atoms with Gasteiger partial charge in [-0.15, -0.1) is 13.2 Å². The molecule has 124 valence electrons. The highest BCUT2D eigenvalue weighted by atomic mass is 31.2. The number of carbonyl (C=O) groups excluding carboxylic acids is 1. The Morgan fingerprint density at radius 3 is 2.77 bits per heavy atom. The van der Waals surface area contributed by atoms with E-state index in [1.165, 1.54) is 6.08 Å². The molecule has 2 heterocycles. The highest BCUT2D eigenvalue weighted by Crippen LogP contribution is 2.39. The van der Waals surface area contributed by atoms with Gasteiger partial charge in [0.05, 0.1) is 6.10 Å². The van der Waals surface area contributed by atoms with Gasteiger partial charge < -0.3 is 24.8 Å². The van der Waals surface area contributed by atoms with Gasteiger partial charge in [0.25, 0.3) is 5.91 Å². The number of aliphatic hydroxyl groups excluding tert-OH is 1. The summed E-state index contributed by atoms with van der Waals surface area (Å²) in [4.78, 5) is 13.0. The largest absolute Gasteiger partial charge is 0.388 e. The van der Waals surface area contributed by atoms with Crippen LogP contribution in [0, 0.1) is 0 Å². The van der Waals surface area contributed by atoms with Crippen molar-refractivity contribution in [2.45, 2.75) is 31.0 Å². The van der Waals surface area contributed by atoms with Gasteiger partial charge in [0.2, 0.25) is 0 Å². The lowest BCUT2D eigenvalue weighted by molar-refractivity contribution is -0.118. The lowest BCUT2D eigenvalue weighted by Gasteiger charge is -2.33. The average Bonchev–Trinajstić information content (AvgIpc) is 2.72. The molecule has 0 spiro atoms. The molecule has 2 N–H and O–H groups in total. The van der Waals surface area contributed by atoms with Crippen LogP contribution >= 0.6 is 6.89 Å². The molecule has 1 saturated heterocycles. The van der Waals surface area contributed by atoms with E-state index in [4.69, 9.17) is 9.47 Å². The number of methoxy groups -OCH3 is 1. The number of amides is 1. The molecule has 1 amide bonds. The number of nitrogens with one attached hydrogen (secondary N) is 1. The maximum absolute atomic E-state index is 11.3. The third-order valence-corrected chi connectivity index (χ3v) is 5.31. The molecule has 0 bridgehead atoms. The maximum Gasteiger partial charge on any atom is 0.250 e. The molecular weight excluding hydrogens is 303 g/mol. The smallest absolute Gasteiger partial charge is 0.250 e. The summed E-state index contributed by atoms with van der Waals surface area (Å²) in [5, 5.41) is 13.1. The van der Waals surface area contributed by atoms with Gasteiger partial charge in [0.1, 0.15) is 18.0 Å². The number of ether oxygens (including phenoxy) is 2. The Morgan fingerprint density at radius 2 is 2.23 bits per heavy atom. The molecule has 1 fully saturated rings. The summed E-state index contributed by atoms with van der Waals surface area (Å²) in [6.45, 7) is 6.95. The van der Waals surface area contributed by atoms with Gasteiger partial charge in [0, 0.05) is 19.4 Å². The zero-order valence-corrected chi connectivity index (χ0v) is 14.3. The van der Waals surface area contributed by atoms with Gasteiger partial charge in [-0.2, -0.15) is 0 Å². The summed E-state index contributed by atoms with van der Waals surface area (Å²) in [5.74, 6) is 0.186. The van der Waals surface area contributed by atoms with Crippen LogP contribution in [0.25, 0.3) is 0 Å². The summed E-state index contributed by atoms with van der Waals surface area (Å²) in [5.41, 5.74) is 0. The minimum atomic E-state index is -1.18. The van der Waals surface area contributed by atoms with Crippen molar-refractivity contribution < 1.29 is 19.4 Å². The zero-order valence-electron chi connectivity index (χ0n) is 13.4. The molecule has 2 aliphatic rings. The molecule has 0 radical (unpaired) electrons. The first-order chi connectivity index (χ1) is 10.2. The topological polar surface area (TPSA) is 71.0 Å². The van der Waals surface area contributed by atoms with Crippen LogP contribution in [0.4, 0.5) is 0 Å². The van der Waals surface area contributed by atoms with E-state index < -0.39 is 25.3 Å². The van der Waals surface area contributed by atoms with Gasteiger partial charge >= 0.3 is 0 Å². The Bertz CT molecular complexity index is 528. The molecule has 22 heavy (non-hydrogen) atoms. The predicted molar refractivity (Wildman–Crippen MR) is 89.1 cm³/mol. The van der Waals surface area contributed by atoms with Crippen LogP contribution < -0.4 is 5.32 Å². The Balaban J connectivity index is 2.11. The summed E-state index contributed by atoms with van der Waals surface area (Å²) in [6.07, 6.45) is 6.80. The van der Waals surface area contributed by atoms with Gasteiger partial charge in [-0.1, -0.05) is 6.58 Å². The number of hydrogen-bond donors (Lipinski definition) is 2. The summed E-state index contributed by atoms with van der Waals surface area (Å²) < 4.78 is 11.4. The second-order valence-corrected chi connectivity index (χ2v) is 10.7. The molecule has 0 aromatic heterocycles. The molecule has 2 aliphatic heterocycles. The summed E-state index contributed by atoms with van der Waals surface area (Å²) in [6, 6.07) is 0. The monoisotopic (exact) mass is 328 g/mol. The second-order valence-electron chi connectivity index (χ2n) is 6.36. The van der Waals surface area contributed by atoms with E-state index in [1.807, 2.05) is 0 Å². The Hall–Kier alpha value is -1.07. The molecule has 2 rings (SSSR count). The molecular formula is C15H25N2O4P. The quantitative estimate of drug-likeness (QED) is 0.724. The molecule has 0 aromatic rings. The number of aliphatic hydroxyl groups is 1. The maximum atomic E-state index is 11.3. The van der Waals surface area contributed by atoms with Crippen molar-refractivity contribution in [1.82, 2.24) is 10.2 Å². The number of hydrogen-bond acceptors (Lipinski definition) is 5. The zero-order chi connectivity index (χ0) is 16.5. The molecule has 6 nitrogen and oxygen atoms in total. The number of carbonyl (C=O) groups is 1. The van der Waals surface area contributed by atoms with Crippen LogP contribution in [0.1, 0.15) is 6.42 Å². The van der Waals surface area contributed by atoms with Crippen LogP contribution in [0.5, 0.6) is 0 Å². The third kappa shape index (κ3) is 3.82. The molecule has 0 aromatic carbocycles. The van der Waals surface area contributed by atoms with E-state index in [2.05, 4.69) is 31.5 Å². The van der Waals surface area contributed by atoms with Crippen molar-refractivity contribution in [3.05, 3.63) is 24.7 Å². The lowest BCUT2D eigenvalue weighted by atomic mass is 10.1. The van der Waals surface area contributed by atoms with Gasteiger partial charge in [0.15, 0.2) is 6.23 Å². The van der Waals surface area contributed by atoms with Crippen molar-refractivity contribution in [3.8, 4) is 0 Å². The fourth-order valence-corrected chi connectivity index (χ4v) is 3.59. The van der Waals surface area contributed by atoms with E-state index in [-0.39, 0.29) is 12.0 Å². The number of rotatable bonds is 5. The molecule has 0 aliphatic carbocycles. The van der Waals surface area contributed by atoms with Crippen molar-refractivity contribution in [1.29, 1.82) is 0 Å². The standard InChI is InChI=1S/C15H25N2O4P/c1-10-16-12(18)6-8-17(10)15-14(20-2)13(19)11(21-15)7-9-22(3,4)5/h6,8,11,13-15,19H,1,3,7,9H2,2,4-5H3,(H,16,18)/t11?,13-,14-,15?/m1/s1. The van der Waals surface area contributed by atoms with Crippen molar-refractivity contribution in [2.24, 2.45) is 0 Å². The van der Waals surface area contributed by atoms with Crippen LogP contribution in [0.2, 0.25) is 0 Å². The van der Waals surface area contributed by atoms with Gasteiger partial charge in [-0.05, 0) is 25.9 Å². The van der Waals surface area contributed by atoms with Crippen LogP contribution in [0.3, 0.4) is 0 Å². The average molecular weight is 328 g/mol. The van der Waals surface area contributed by atoms with Crippen molar-refractivity contribution >= 4 is 19.1 Å². The normalized spacial score (nSPS) is 32.5. The first-order valence-corrected chi connectivity index (χ1v) is 10.3. The van der Waals surface area contributed by atoms with E-state index in [9.17, 15) is 9.90 Å². The Kier molecular flexibility index (Phi) is 5.17. The van der Waals surface area contributed by atoms with E-state index in [1.54, 1.807) is 18.2 Å². The highest BCUT2D eigenvalue weighted by Gasteiger charge is 2.47. The molecule has 7 heteroatoms. The summed E-state index contributed by atoms with van der Waals surface area (Å²) >= 11 is 0. The Morgan fingerprint density at radius 1 is 1.55 bits per heavy atom. The minimum absolute atomic E-state index is 0.228. The summed E-state index contributed by atoms with van der Waals surface area (Å²) in [7, 11) is 1.54. The highest BCUT2D eigenvalue weighted by molar-refractivity contribution is 7.72. The molecule has 4 atom stereocenters. The van der Waals surface area contributed by atoms with E-state index in [0.29, 0.717) is 5.82 Å². The van der Waals surface area contributed by atoms with E-state index >= 15 is 0 Å². The first-order valence-electron chi connectivity index (χ1n) is 7.23. The Labute approximate surface area is 131 Å². The van der Waals surface area contributed by atoms with E-state index in [0.717, 1.165) is 12.6 Å².